The van der Waals surface area contributed by atoms with Crippen LogP contribution in [0, 0.1) is 5.82 Å². The van der Waals surface area contributed by atoms with E-state index in [0.717, 1.165) is 0 Å². The van der Waals surface area contributed by atoms with Gasteiger partial charge in [-0.3, -0.25) is 0 Å². The molecule has 72 valence electrons. The van der Waals surface area contributed by atoms with Crippen molar-refractivity contribution in [2.75, 3.05) is 12.9 Å². The summed E-state index contributed by atoms with van der Waals surface area (Å²) < 4.78 is 18.5. The molecule has 0 fully saturated rings. The zero-order valence-electron chi connectivity index (χ0n) is 7.43. The molecule has 0 bridgehead atoms. The molecule has 1 nitrogen and oxygen atoms in total. The Bertz CT molecular complexity index is 304. The number of rotatable bonds is 3. The van der Waals surface area contributed by atoms with Crippen LogP contribution in [0.1, 0.15) is 6.92 Å². The average Bonchev–Trinajstić information content (AvgIpc) is 2.11. The first-order valence-electron chi connectivity index (χ1n) is 3.84. The van der Waals surface area contributed by atoms with Crippen molar-refractivity contribution in [2.45, 2.75) is 11.8 Å². The van der Waals surface area contributed by atoms with Crippen LogP contribution in [0.3, 0.4) is 0 Å². The quantitative estimate of drug-likeness (QED) is 0.720. The van der Waals surface area contributed by atoms with E-state index in [4.69, 9.17) is 16.3 Å². The van der Waals surface area contributed by atoms with Crippen LogP contribution in [0.4, 0.5) is 4.39 Å². The Morgan fingerprint density at radius 3 is 2.77 bits per heavy atom. The SMILES string of the molecule is CCOc1cc(Cl)cc(SC)c1F. The Hall–Kier alpha value is -0.410. The number of ether oxygens (including phenoxy) is 1. The molecule has 0 aliphatic rings. The number of hydrogen-bond acceptors (Lipinski definition) is 2. The van der Waals surface area contributed by atoms with Crippen molar-refractivity contribution in [1.82, 2.24) is 0 Å². The van der Waals surface area contributed by atoms with E-state index in [1.807, 2.05) is 0 Å². The topological polar surface area (TPSA) is 9.23 Å². The van der Waals surface area contributed by atoms with E-state index in [2.05, 4.69) is 0 Å². The summed E-state index contributed by atoms with van der Waals surface area (Å²) in [5, 5.41) is 0.495. The Morgan fingerprint density at radius 1 is 1.54 bits per heavy atom. The first-order valence-corrected chi connectivity index (χ1v) is 5.45. The van der Waals surface area contributed by atoms with Crippen molar-refractivity contribution in [3.63, 3.8) is 0 Å². The molecule has 1 aromatic carbocycles. The van der Waals surface area contributed by atoms with Crippen molar-refractivity contribution in [1.29, 1.82) is 0 Å². The molecule has 0 saturated heterocycles. The van der Waals surface area contributed by atoms with Gasteiger partial charge in [0.25, 0.3) is 0 Å². The van der Waals surface area contributed by atoms with Crippen LogP contribution in [0.15, 0.2) is 17.0 Å². The third-order valence-corrected chi connectivity index (χ3v) is 2.45. The minimum absolute atomic E-state index is 0.222. The molecule has 0 N–H and O–H groups in total. The van der Waals surface area contributed by atoms with E-state index in [9.17, 15) is 4.39 Å². The van der Waals surface area contributed by atoms with E-state index >= 15 is 0 Å². The van der Waals surface area contributed by atoms with E-state index < -0.39 is 0 Å². The summed E-state index contributed by atoms with van der Waals surface area (Å²) in [6, 6.07) is 3.07. The van der Waals surface area contributed by atoms with Gasteiger partial charge in [0.1, 0.15) is 0 Å². The highest BCUT2D eigenvalue weighted by molar-refractivity contribution is 7.98. The van der Waals surface area contributed by atoms with Crippen LogP contribution in [0.2, 0.25) is 5.02 Å². The van der Waals surface area contributed by atoms with Crippen molar-refractivity contribution in [3.05, 3.63) is 23.0 Å². The lowest BCUT2D eigenvalue weighted by Crippen LogP contribution is -1.95. The minimum atomic E-state index is -0.334. The van der Waals surface area contributed by atoms with Gasteiger partial charge in [0.05, 0.1) is 6.61 Å². The molecule has 0 aliphatic heterocycles. The van der Waals surface area contributed by atoms with E-state index in [1.165, 1.54) is 17.8 Å². The minimum Gasteiger partial charge on any atom is -0.491 e. The summed E-state index contributed by atoms with van der Waals surface area (Å²) in [6.07, 6.45) is 1.80. The fraction of sp³-hybridized carbons (Fsp3) is 0.333. The molecule has 0 aromatic heterocycles. The standard InChI is InChI=1S/C9H10ClFOS/c1-3-12-7-4-6(10)5-8(13-2)9(7)11/h4-5H,3H2,1-2H3. The van der Waals surface area contributed by atoms with Gasteiger partial charge in [-0.15, -0.1) is 11.8 Å². The lowest BCUT2D eigenvalue weighted by molar-refractivity contribution is 0.318. The largest absolute Gasteiger partial charge is 0.491 e. The maximum Gasteiger partial charge on any atom is 0.178 e. The zero-order valence-corrected chi connectivity index (χ0v) is 9.01. The maximum absolute atomic E-state index is 13.4. The number of thioether (sulfide) groups is 1. The fourth-order valence-electron chi connectivity index (χ4n) is 0.949. The molecule has 0 unspecified atom stereocenters. The van der Waals surface area contributed by atoms with Crippen LogP contribution in [-0.4, -0.2) is 12.9 Å². The normalized spacial score (nSPS) is 10.2. The van der Waals surface area contributed by atoms with Crippen LogP contribution in [0.25, 0.3) is 0 Å². The molecule has 0 heterocycles. The number of benzene rings is 1. The fourth-order valence-corrected chi connectivity index (χ4v) is 1.75. The number of hydrogen-bond donors (Lipinski definition) is 0. The molecule has 0 radical (unpaired) electrons. The molecule has 0 aliphatic carbocycles. The summed E-state index contributed by atoms with van der Waals surface area (Å²) in [4.78, 5) is 0.510. The second-order valence-electron chi connectivity index (χ2n) is 2.35. The second kappa shape index (κ2) is 4.72. The molecule has 4 heteroatoms. The molecule has 0 amide bonds. The highest BCUT2D eigenvalue weighted by Crippen LogP contribution is 2.31. The van der Waals surface area contributed by atoms with E-state index in [1.54, 1.807) is 19.2 Å². The predicted octanol–water partition coefficient (Wildman–Crippen LogP) is 3.60. The van der Waals surface area contributed by atoms with Crippen molar-refractivity contribution >= 4 is 23.4 Å². The zero-order chi connectivity index (χ0) is 9.84. The van der Waals surface area contributed by atoms with Crippen molar-refractivity contribution in [3.8, 4) is 5.75 Å². The molecule has 1 rings (SSSR count). The lowest BCUT2D eigenvalue weighted by Gasteiger charge is -2.07. The van der Waals surface area contributed by atoms with Gasteiger partial charge >= 0.3 is 0 Å². The summed E-state index contributed by atoms with van der Waals surface area (Å²) in [5.41, 5.74) is 0. The Kier molecular flexibility index (Phi) is 3.88. The Labute approximate surface area is 86.2 Å². The molecular formula is C9H10ClFOS. The Morgan fingerprint density at radius 2 is 2.23 bits per heavy atom. The first-order chi connectivity index (χ1) is 6.19. The van der Waals surface area contributed by atoms with Crippen LogP contribution in [-0.2, 0) is 0 Å². The van der Waals surface area contributed by atoms with Crippen molar-refractivity contribution < 1.29 is 9.13 Å². The number of halogens is 2. The molecule has 13 heavy (non-hydrogen) atoms. The second-order valence-corrected chi connectivity index (χ2v) is 3.64. The summed E-state index contributed by atoms with van der Waals surface area (Å²) >= 11 is 7.09. The third-order valence-electron chi connectivity index (χ3n) is 1.49. The molecule has 0 saturated carbocycles. The van der Waals surface area contributed by atoms with Gasteiger partial charge in [-0.1, -0.05) is 11.6 Å². The maximum atomic E-state index is 13.4. The average molecular weight is 221 g/mol. The summed E-state index contributed by atoms with van der Waals surface area (Å²) in [6.45, 7) is 2.24. The monoisotopic (exact) mass is 220 g/mol. The lowest BCUT2D eigenvalue weighted by atomic mass is 10.3. The van der Waals surface area contributed by atoms with Gasteiger partial charge in [0.2, 0.25) is 0 Å². The Balaban J connectivity index is 3.11. The van der Waals surface area contributed by atoms with Gasteiger partial charge in [0, 0.05) is 16.0 Å². The van der Waals surface area contributed by atoms with Crippen LogP contribution >= 0.6 is 23.4 Å². The van der Waals surface area contributed by atoms with Crippen LogP contribution in [0.5, 0.6) is 5.75 Å². The van der Waals surface area contributed by atoms with E-state index in [0.29, 0.717) is 16.5 Å². The van der Waals surface area contributed by atoms with Crippen molar-refractivity contribution in [2.24, 2.45) is 0 Å². The van der Waals surface area contributed by atoms with Gasteiger partial charge < -0.3 is 4.74 Å². The third kappa shape index (κ3) is 2.51. The first kappa shape index (κ1) is 10.7. The highest BCUT2D eigenvalue weighted by atomic mass is 35.5. The molecule has 1 aromatic rings. The molecular weight excluding hydrogens is 211 g/mol. The van der Waals surface area contributed by atoms with E-state index in [-0.39, 0.29) is 11.6 Å². The highest BCUT2D eigenvalue weighted by Gasteiger charge is 2.09. The summed E-state index contributed by atoms with van der Waals surface area (Å²) in [5.74, 6) is -0.113. The molecule has 0 spiro atoms. The van der Waals surface area contributed by atoms with Gasteiger partial charge in [-0.05, 0) is 19.2 Å². The van der Waals surface area contributed by atoms with Crippen LogP contribution < -0.4 is 4.74 Å². The smallest absolute Gasteiger partial charge is 0.178 e. The van der Waals surface area contributed by atoms with Gasteiger partial charge in [0.15, 0.2) is 11.6 Å². The predicted molar refractivity (Wildman–Crippen MR) is 54.4 cm³/mol. The molecule has 0 atom stereocenters. The van der Waals surface area contributed by atoms with Gasteiger partial charge in [-0.25, -0.2) is 4.39 Å². The van der Waals surface area contributed by atoms with Gasteiger partial charge in [-0.2, -0.15) is 0 Å². The summed E-state index contributed by atoms with van der Waals surface area (Å²) in [7, 11) is 0.